The molecule has 0 aromatic heterocycles. The lowest BCUT2D eigenvalue weighted by Crippen LogP contribution is -2.64. The fraction of sp³-hybridized carbons (Fsp3) is 0.774. The predicted molar refractivity (Wildman–Crippen MR) is 158 cm³/mol. The first-order valence-electron chi connectivity index (χ1n) is 14.7. The number of thiocarbonyl (C=S) groups is 1. The normalized spacial score (nSPS) is 45.2. The summed E-state index contributed by atoms with van der Waals surface area (Å²) in [4.78, 5) is 26.9. The summed E-state index contributed by atoms with van der Waals surface area (Å²) >= 11 is 6.73. The third-order valence-corrected chi connectivity index (χ3v) is 12.1. The van der Waals surface area contributed by atoms with Crippen molar-refractivity contribution in [2.24, 2.45) is 45.8 Å². The van der Waals surface area contributed by atoms with Gasteiger partial charge in [-0.05, 0) is 74.2 Å². The zero-order valence-corrected chi connectivity index (χ0v) is 25.9. The van der Waals surface area contributed by atoms with Crippen LogP contribution in [0.15, 0.2) is 24.3 Å². The number of carboxylic acids is 1. The Kier molecular flexibility index (Phi) is 8.38. The molecule has 4 bridgehead atoms. The van der Waals surface area contributed by atoms with E-state index in [1.807, 2.05) is 13.2 Å². The number of fused-ring (bicyclic) bond motifs is 2. The van der Waals surface area contributed by atoms with E-state index in [0.29, 0.717) is 35.7 Å². The number of aliphatic carboxylic acids is 1. The van der Waals surface area contributed by atoms with E-state index in [9.17, 15) is 14.7 Å². The van der Waals surface area contributed by atoms with Gasteiger partial charge >= 0.3 is 5.97 Å². The Hall–Kier alpha value is -1.26. The molecule has 7 nitrogen and oxygen atoms in total. The molecule has 0 aromatic rings. The lowest BCUT2D eigenvalue weighted by Gasteiger charge is -2.58. The van der Waals surface area contributed by atoms with E-state index in [2.05, 4.69) is 33.4 Å². The first-order chi connectivity index (χ1) is 19.0. The highest BCUT2D eigenvalue weighted by Crippen LogP contribution is 2.82. The molecule has 0 amide bonds. The lowest BCUT2D eigenvalue weighted by molar-refractivity contribution is -0.266. The lowest BCUT2D eigenvalue weighted by atomic mass is 9.43. The van der Waals surface area contributed by atoms with Gasteiger partial charge in [0.2, 0.25) is 4.38 Å². The monoisotopic (exact) mass is 592 g/mol. The summed E-state index contributed by atoms with van der Waals surface area (Å²) in [7, 11) is 0. The van der Waals surface area contributed by atoms with Crippen LogP contribution in [0.2, 0.25) is 0 Å². The number of aldehydes is 1. The number of hydrogen-bond donors (Lipinski definition) is 1. The van der Waals surface area contributed by atoms with Crippen LogP contribution in [-0.4, -0.2) is 65.8 Å². The quantitative estimate of drug-likeness (QED) is 0.196. The van der Waals surface area contributed by atoms with Gasteiger partial charge in [0.1, 0.15) is 23.9 Å². The average molecular weight is 593 g/mol. The molecule has 1 N–H and O–H groups in total. The molecule has 1 heterocycles. The Morgan fingerprint density at radius 1 is 1.30 bits per heavy atom. The van der Waals surface area contributed by atoms with Crippen molar-refractivity contribution in [2.45, 2.75) is 84.4 Å². The summed E-state index contributed by atoms with van der Waals surface area (Å²) in [6.45, 7) is 12.6. The summed E-state index contributed by atoms with van der Waals surface area (Å²) in [6, 6.07) is 0. The molecule has 5 aliphatic rings. The second-order valence-corrected chi connectivity index (χ2v) is 14.4. The molecule has 1 aliphatic heterocycles. The van der Waals surface area contributed by atoms with Crippen molar-refractivity contribution in [3.63, 3.8) is 0 Å². The summed E-state index contributed by atoms with van der Waals surface area (Å²) in [5.41, 5.74) is -1.97. The molecule has 9 heteroatoms. The number of carbonyl (C=O) groups is 2. The summed E-state index contributed by atoms with van der Waals surface area (Å²) < 4.78 is 25.5. The van der Waals surface area contributed by atoms with Gasteiger partial charge in [-0.1, -0.05) is 56.7 Å². The summed E-state index contributed by atoms with van der Waals surface area (Å²) in [6.07, 6.45) is 8.84. The van der Waals surface area contributed by atoms with Crippen LogP contribution in [0.25, 0.3) is 0 Å². The second kappa shape index (κ2) is 11.1. The number of hydrogen-bond acceptors (Lipinski definition) is 8. The maximum absolute atomic E-state index is 13.7. The van der Waals surface area contributed by atoms with Gasteiger partial charge < -0.3 is 28.8 Å². The summed E-state index contributed by atoms with van der Waals surface area (Å²) in [5, 5.41) is 11.2. The van der Waals surface area contributed by atoms with E-state index >= 15 is 0 Å². The minimum atomic E-state index is -1.27. The van der Waals surface area contributed by atoms with Crippen molar-refractivity contribution in [1.82, 2.24) is 0 Å². The van der Waals surface area contributed by atoms with Crippen molar-refractivity contribution in [3.8, 4) is 0 Å². The third-order valence-electron chi connectivity index (χ3n) is 11.1. The zero-order chi connectivity index (χ0) is 29.0. The van der Waals surface area contributed by atoms with Gasteiger partial charge in [-0.25, -0.2) is 0 Å². The molecule has 0 radical (unpaired) electrons. The van der Waals surface area contributed by atoms with Crippen molar-refractivity contribution < 1.29 is 33.6 Å². The molecular weight excluding hydrogens is 548 g/mol. The van der Waals surface area contributed by atoms with Crippen LogP contribution in [0.3, 0.4) is 0 Å². The molecule has 3 saturated carbocycles. The van der Waals surface area contributed by atoms with Crippen LogP contribution in [0.4, 0.5) is 0 Å². The van der Waals surface area contributed by atoms with E-state index in [4.69, 9.17) is 31.2 Å². The van der Waals surface area contributed by atoms with Gasteiger partial charge in [-0.2, -0.15) is 0 Å². The van der Waals surface area contributed by atoms with E-state index in [0.717, 1.165) is 31.1 Å². The Morgan fingerprint density at radius 3 is 2.67 bits per heavy atom. The molecule has 5 rings (SSSR count). The number of rotatable bonds is 10. The van der Waals surface area contributed by atoms with Gasteiger partial charge in [-0.3, -0.25) is 4.79 Å². The minimum Gasteiger partial charge on any atom is -0.481 e. The molecule has 40 heavy (non-hydrogen) atoms. The SMILES string of the molecule is C=CCO[C@H]1[C@@H](OC(=S)SC)C[C@H](OCC23CC4C(C)CCC4C4(C=O)CC2C=C(C(C)C)C43C(=O)O)O[C@@H]1C. The van der Waals surface area contributed by atoms with E-state index < -0.39 is 28.5 Å². The van der Waals surface area contributed by atoms with Gasteiger partial charge in [0, 0.05) is 11.8 Å². The van der Waals surface area contributed by atoms with E-state index in [1.54, 1.807) is 6.08 Å². The molecule has 4 fully saturated rings. The highest BCUT2D eigenvalue weighted by Gasteiger charge is 2.84. The van der Waals surface area contributed by atoms with Gasteiger partial charge in [-0.15, -0.1) is 6.58 Å². The Balaban J connectivity index is 1.48. The van der Waals surface area contributed by atoms with Crippen molar-refractivity contribution in [2.75, 3.05) is 19.5 Å². The molecule has 0 spiro atoms. The third kappa shape index (κ3) is 4.12. The van der Waals surface area contributed by atoms with Crippen LogP contribution in [0.5, 0.6) is 0 Å². The van der Waals surface area contributed by atoms with Crippen LogP contribution < -0.4 is 0 Å². The van der Waals surface area contributed by atoms with Crippen LogP contribution in [-0.2, 0) is 28.5 Å². The van der Waals surface area contributed by atoms with Gasteiger partial charge in [0.15, 0.2) is 6.29 Å². The largest absolute Gasteiger partial charge is 0.481 e. The second-order valence-electron chi connectivity index (χ2n) is 13.0. The van der Waals surface area contributed by atoms with Crippen molar-refractivity contribution in [3.05, 3.63) is 24.3 Å². The van der Waals surface area contributed by atoms with Crippen LogP contribution in [0, 0.1) is 45.8 Å². The van der Waals surface area contributed by atoms with Gasteiger partial charge in [0.05, 0.1) is 24.7 Å². The number of allylic oxidation sites excluding steroid dienone is 1. The standard InChI is InChI=1S/C31H44O7S2/c1-7-10-35-26-19(5)37-25(12-24(26)38-28(39)40-6)36-16-30-14-21-18(4)8-9-22(21)29(15-32)13-20(30)11-23(17(2)3)31(29,30)27(33)34/h7,11,15,17-22,24-26H,1,8-10,12-14,16H2,2-6H3,(H,33,34)/t18?,19-,20?,21?,22?,24+,25-,26-,29?,30?,31?/m1/s1. The van der Waals surface area contributed by atoms with Crippen molar-refractivity contribution in [1.29, 1.82) is 0 Å². The first kappa shape index (κ1) is 30.2. The zero-order valence-electron chi connectivity index (χ0n) is 24.3. The molecule has 0 aromatic carbocycles. The molecular formula is C31H44O7S2. The number of carboxylic acid groups (broad SMARTS) is 1. The highest BCUT2D eigenvalue weighted by molar-refractivity contribution is 8.22. The van der Waals surface area contributed by atoms with Crippen molar-refractivity contribution >= 4 is 40.6 Å². The summed E-state index contributed by atoms with van der Waals surface area (Å²) in [5.74, 6) is -0.0171. The topological polar surface area (TPSA) is 91.3 Å². The molecule has 1 saturated heterocycles. The molecule has 222 valence electrons. The highest BCUT2D eigenvalue weighted by atomic mass is 32.2. The first-order valence-corrected chi connectivity index (χ1v) is 16.3. The van der Waals surface area contributed by atoms with E-state index in [-0.39, 0.29) is 42.7 Å². The molecule has 11 atom stereocenters. The number of ether oxygens (including phenoxy) is 4. The van der Waals surface area contributed by atoms with Crippen LogP contribution >= 0.6 is 24.0 Å². The fourth-order valence-electron chi connectivity index (χ4n) is 9.69. The fourth-order valence-corrected chi connectivity index (χ4v) is 10.0. The van der Waals surface area contributed by atoms with Crippen LogP contribution in [0.1, 0.15) is 59.8 Å². The molecule has 7 unspecified atom stereocenters. The maximum Gasteiger partial charge on any atom is 0.315 e. The molecule has 4 aliphatic carbocycles. The number of carbonyl (C=O) groups excluding carboxylic acids is 1. The maximum atomic E-state index is 13.7. The minimum absolute atomic E-state index is 0.0227. The Bertz CT molecular complexity index is 1080. The number of thioether (sulfide) groups is 1. The Labute approximate surface area is 247 Å². The predicted octanol–water partition coefficient (Wildman–Crippen LogP) is 5.67. The smallest absolute Gasteiger partial charge is 0.315 e. The Morgan fingerprint density at radius 2 is 2.05 bits per heavy atom. The average Bonchev–Trinajstić information content (AvgIpc) is 3.49. The van der Waals surface area contributed by atoms with Gasteiger partial charge in [0.25, 0.3) is 0 Å². The van der Waals surface area contributed by atoms with E-state index in [1.165, 1.54) is 11.8 Å².